The SMILES string of the molecule is C=C(F)CCC(B(C#N)C(=O)O)c1ccccc1F. The van der Waals surface area contributed by atoms with Crippen LogP contribution in [0.4, 0.5) is 13.6 Å². The standard InChI is InChI=1S/C13H12BF2NO2/c1-9(15)6-7-11(14(8-17)13(18)19)10-4-2-3-5-12(10)16/h2-5,11H,1,6-7H2,(H,18,19). The molecular formula is C13H12BF2NO2. The number of hydrogen-bond acceptors (Lipinski definition) is 2. The number of allylic oxidation sites excluding steroid dienone is 1. The summed E-state index contributed by atoms with van der Waals surface area (Å²) in [6.07, 6.45) is -0.0920. The van der Waals surface area contributed by atoms with E-state index in [2.05, 4.69) is 6.58 Å². The molecule has 1 N–H and O–H groups in total. The van der Waals surface area contributed by atoms with Crippen LogP contribution >= 0.6 is 0 Å². The summed E-state index contributed by atoms with van der Waals surface area (Å²) in [5, 5.41) is 17.9. The Morgan fingerprint density at radius 1 is 1.53 bits per heavy atom. The first-order valence-electron chi connectivity index (χ1n) is 5.67. The molecule has 0 amide bonds. The number of carboxylic acid groups (broad SMARTS) is 1. The van der Waals surface area contributed by atoms with Gasteiger partial charge in [0.05, 0.1) is 5.83 Å². The zero-order valence-corrected chi connectivity index (χ0v) is 10.1. The van der Waals surface area contributed by atoms with E-state index in [1.165, 1.54) is 18.2 Å². The van der Waals surface area contributed by atoms with Crippen LogP contribution in [-0.4, -0.2) is 17.7 Å². The molecule has 0 heterocycles. The number of benzene rings is 1. The number of hydrogen-bond donors (Lipinski definition) is 1. The van der Waals surface area contributed by atoms with E-state index in [9.17, 15) is 13.6 Å². The van der Waals surface area contributed by atoms with Crippen molar-refractivity contribution < 1.29 is 18.7 Å². The van der Waals surface area contributed by atoms with Gasteiger partial charge in [-0.1, -0.05) is 24.8 Å². The predicted molar refractivity (Wildman–Crippen MR) is 68.0 cm³/mol. The molecule has 1 rings (SSSR count). The molecule has 1 unspecified atom stereocenters. The van der Waals surface area contributed by atoms with E-state index in [1.807, 2.05) is 0 Å². The minimum atomic E-state index is -1.42. The van der Waals surface area contributed by atoms with Crippen LogP contribution in [0.25, 0.3) is 0 Å². The van der Waals surface area contributed by atoms with Crippen LogP contribution < -0.4 is 0 Å². The molecule has 0 saturated heterocycles. The molecule has 0 aliphatic carbocycles. The van der Waals surface area contributed by atoms with Gasteiger partial charge in [-0.25, -0.2) is 14.0 Å². The quantitative estimate of drug-likeness (QED) is 0.798. The lowest BCUT2D eigenvalue weighted by atomic mass is 9.40. The van der Waals surface area contributed by atoms with E-state index < -0.39 is 30.0 Å². The fourth-order valence-corrected chi connectivity index (χ4v) is 1.91. The van der Waals surface area contributed by atoms with E-state index in [4.69, 9.17) is 10.4 Å². The lowest BCUT2D eigenvalue weighted by Crippen LogP contribution is -2.32. The van der Waals surface area contributed by atoms with E-state index >= 15 is 0 Å². The minimum absolute atomic E-state index is 0.0147. The summed E-state index contributed by atoms with van der Waals surface area (Å²) in [5.74, 6) is -1.84. The van der Waals surface area contributed by atoms with Gasteiger partial charge >= 0.3 is 6.71 Å². The Morgan fingerprint density at radius 3 is 2.63 bits per heavy atom. The highest BCUT2D eigenvalue weighted by Crippen LogP contribution is 2.28. The molecule has 3 nitrogen and oxygen atoms in total. The summed E-state index contributed by atoms with van der Waals surface area (Å²) >= 11 is 0. The maximum Gasteiger partial charge on any atom is 0.404 e. The van der Waals surface area contributed by atoms with Crippen LogP contribution in [-0.2, 0) is 0 Å². The molecule has 1 aromatic carbocycles. The molecule has 0 radical (unpaired) electrons. The highest BCUT2D eigenvalue weighted by molar-refractivity contribution is 6.94. The Kier molecular flexibility index (Phi) is 5.25. The van der Waals surface area contributed by atoms with E-state index in [1.54, 1.807) is 12.0 Å². The summed E-state index contributed by atoms with van der Waals surface area (Å²) in [6, 6.07) is 5.61. The topological polar surface area (TPSA) is 61.1 Å². The predicted octanol–water partition coefficient (Wildman–Crippen LogP) is 3.53. The molecule has 0 aliphatic rings. The van der Waals surface area contributed by atoms with Crippen LogP contribution in [0.1, 0.15) is 24.2 Å². The molecule has 0 aliphatic heterocycles. The first-order chi connectivity index (χ1) is 8.97. The second-order valence-corrected chi connectivity index (χ2v) is 4.13. The number of nitriles is 1. The number of halogens is 2. The van der Waals surface area contributed by atoms with Crippen LogP contribution in [0.5, 0.6) is 0 Å². The highest BCUT2D eigenvalue weighted by Gasteiger charge is 2.36. The Balaban J connectivity index is 3.12. The van der Waals surface area contributed by atoms with Crippen molar-refractivity contribution >= 4 is 12.6 Å². The Labute approximate surface area is 110 Å². The van der Waals surface area contributed by atoms with Crippen molar-refractivity contribution in [1.82, 2.24) is 0 Å². The average Bonchev–Trinajstić information content (AvgIpc) is 2.34. The first-order valence-corrected chi connectivity index (χ1v) is 5.67. The maximum absolute atomic E-state index is 13.7. The van der Waals surface area contributed by atoms with Crippen molar-refractivity contribution in [3.63, 3.8) is 0 Å². The number of nitrogens with zero attached hydrogens (tertiary/aromatic N) is 1. The van der Waals surface area contributed by atoms with Gasteiger partial charge in [0.2, 0.25) is 0 Å². The average molecular weight is 263 g/mol. The maximum atomic E-state index is 13.7. The van der Waals surface area contributed by atoms with Crippen LogP contribution in [0, 0.1) is 17.0 Å². The summed E-state index contributed by atoms with van der Waals surface area (Å²) in [4.78, 5) is 11.0. The van der Waals surface area contributed by atoms with Crippen molar-refractivity contribution in [1.29, 1.82) is 5.26 Å². The van der Waals surface area contributed by atoms with Gasteiger partial charge in [0.25, 0.3) is 5.87 Å². The molecule has 1 atom stereocenters. The van der Waals surface area contributed by atoms with Gasteiger partial charge in [-0.3, -0.25) is 4.79 Å². The minimum Gasteiger partial charge on any atom is -0.488 e. The smallest absolute Gasteiger partial charge is 0.404 e. The molecular weight excluding hydrogens is 251 g/mol. The first kappa shape index (κ1) is 14.9. The van der Waals surface area contributed by atoms with Gasteiger partial charge in [0.15, 0.2) is 0 Å². The Bertz CT molecular complexity index is 528. The fraction of sp³-hybridized carbons (Fsp3) is 0.231. The van der Waals surface area contributed by atoms with Gasteiger partial charge in [-0.15, -0.1) is 0 Å². The number of rotatable bonds is 6. The van der Waals surface area contributed by atoms with Gasteiger partial charge < -0.3 is 5.11 Å². The molecule has 1 aromatic rings. The van der Waals surface area contributed by atoms with Gasteiger partial charge in [0.1, 0.15) is 5.82 Å². The molecule has 0 aromatic heterocycles. The number of carbonyl (C=O) groups is 1. The van der Waals surface area contributed by atoms with Crippen LogP contribution in [0.2, 0.25) is 0 Å². The molecule has 0 fully saturated rings. The van der Waals surface area contributed by atoms with E-state index in [0.717, 1.165) is 0 Å². The lowest BCUT2D eigenvalue weighted by Gasteiger charge is -2.17. The van der Waals surface area contributed by atoms with Crippen LogP contribution in [0.3, 0.4) is 0 Å². The molecule has 19 heavy (non-hydrogen) atoms. The summed E-state index contributed by atoms with van der Waals surface area (Å²) in [6.45, 7) is 1.66. The molecule has 0 bridgehead atoms. The fourth-order valence-electron chi connectivity index (χ4n) is 1.91. The van der Waals surface area contributed by atoms with Gasteiger partial charge in [-0.05, 0) is 30.3 Å². The van der Waals surface area contributed by atoms with E-state index in [-0.39, 0.29) is 18.4 Å². The molecule has 98 valence electrons. The highest BCUT2D eigenvalue weighted by atomic mass is 19.1. The second kappa shape index (κ2) is 6.69. The zero-order chi connectivity index (χ0) is 14.4. The third-order valence-electron chi connectivity index (χ3n) is 2.84. The third-order valence-corrected chi connectivity index (χ3v) is 2.84. The largest absolute Gasteiger partial charge is 0.488 e. The van der Waals surface area contributed by atoms with Crippen molar-refractivity contribution in [2.24, 2.45) is 0 Å². The lowest BCUT2D eigenvalue weighted by molar-refractivity contribution is 0.218. The van der Waals surface area contributed by atoms with Crippen molar-refractivity contribution in [3.05, 3.63) is 48.1 Å². The Morgan fingerprint density at radius 2 is 2.16 bits per heavy atom. The molecule has 0 spiro atoms. The van der Waals surface area contributed by atoms with Crippen molar-refractivity contribution in [3.8, 4) is 5.97 Å². The monoisotopic (exact) mass is 263 g/mol. The van der Waals surface area contributed by atoms with Gasteiger partial charge in [0, 0.05) is 5.97 Å². The van der Waals surface area contributed by atoms with Crippen molar-refractivity contribution in [2.75, 3.05) is 0 Å². The summed E-state index contributed by atoms with van der Waals surface area (Å²) in [7, 11) is 0. The Hall–Kier alpha value is -2.16. The normalized spacial score (nSPS) is 11.4. The summed E-state index contributed by atoms with van der Waals surface area (Å²) < 4.78 is 26.4. The van der Waals surface area contributed by atoms with Crippen LogP contribution in [0.15, 0.2) is 36.7 Å². The van der Waals surface area contributed by atoms with E-state index in [0.29, 0.717) is 0 Å². The third kappa shape index (κ3) is 3.92. The second-order valence-electron chi connectivity index (χ2n) is 4.13. The molecule has 0 saturated carbocycles. The summed E-state index contributed by atoms with van der Waals surface area (Å²) in [5.41, 5.74) is 0.109. The van der Waals surface area contributed by atoms with Crippen molar-refractivity contribution in [2.45, 2.75) is 18.7 Å². The van der Waals surface area contributed by atoms with Gasteiger partial charge in [-0.2, -0.15) is 0 Å². The molecule has 6 heteroatoms. The zero-order valence-electron chi connectivity index (χ0n) is 10.1.